The predicted molar refractivity (Wildman–Crippen MR) is 55.6 cm³/mol. The minimum atomic E-state index is 0.530. The van der Waals surface area contributed by atoms with Crippen LogP contribution in [0.5, 0.6) is 0 Å². The highest BCUT2D eigenvalue weighted by Gasteiger charge is 2.13. The van der Waals surface area contributed by atoms with E-state index in [1.165, 1.54) is 5.56 Å². The highest BCUT2D eigenvalue weighted by molar-refractivity contribution is 5.61. The molecule has 0 saturated heterocycles. The number of rotatable bonds is 1. The molecule has 3 nitrogen and oxygen atoms in total. The number of hydrogen-bond donors (Lipinski definition) is 1. The van der Waals surface area contributed by atoms with Gasteiger partial charge in [0, 0.05) is 11.7 Å². The number of isocyanates is 1. The average Bonchev–Trinajstić information content (AvgIpc) is 2.19. The molecule has 0 amide bonds. The van der Waals surface area contributed by atoms with Crippen molar-refractivity contribution in [1.29, 1.82) is 0 Å². The molecule has 0 saturated carbocycles. The Balaban J connectivity index is 2.35. The summed E-state index contributed by atoms with van der Waals surface area (Å²) in [5.41, 5.74) is 3.09. The predicted octanol–water partition coefficient (Wildman–Crippen LogP) is 2.40. The Morgan fingerprint density at radius 3 is 3.21 bits per heavy atom. The summed E-state index contributed by atoms with van der Waals surface area (Å²) in [6.45, 7) is 2.17. The third-order valence-corrected chi connectivity index (χ3v) is 2.51. The third-order valence-electron chi connectivity index (χ3n) is 2.51. The molecule has 1 atom stereocenters. The molecule has 1 aliphatic rings. The van der Waals surface area contributed by atoms with E-state index >= 15 is 0 Å². The van der Waals surface area contributed by atoms with Gasteiger partial charge in [0.2, 0.25) is 6.08 Å². The van der Waals surface area contributed by atoms with E-state index in [1.807, 2.05) is 18.2 Å². The topological polar surface area (TPSA) is 41.5 Å². The van der Waals surface area contributed by atoms with E-state index in [4.69, 9.17) is 0 Å². The van der Waals surface area contributed by atoms with Gasteiger partial charge in [-0.15, -0.1) is 0 Å². The van der Waals surface area contributed by atoms with Crippen molar-refractivity contribution in [3.8, 4) is 0 Å². The zero-order valence-electron chi connectivity index (χ0n) is 8.08. The van der Waals surface area contributed by atoms with E-state index in [2.05, 4.69) is 17.2 Å². The highest BCUT2D eigenvalue weighted by Crippen LogP contribution is 2.28. The summed E-state index contributed by atoms with van der Waals surface area (Å²) in [5, 5.41) is 3.39. The molecule has 0 aliphatic carbocycles. The van der Waals surface area contributed by atoms with Crippen LogP contribution in [-0.4, -0.2) is 12.1 Å². The van der Waals surface area contributed by atoms with Gasteiger partial charge in [0.25, 0.3) is 0 Å². The van der Waals surface area contributed by atoms with E-state index < -0.39 is 0 Å². The summed E-state index contributed by atoms with van der Waals surface area (Å²) in [7, 11) is 0. The molecule has 3 heteroatoms. The van der Waals surface area contributed by atoms with E-state index in [0.717, 1.165) is 18.5 Å². The maximum absolute atomic E-state index is 10.1. The van der Waals surface area contributed by atoms with Crippen LogP contribution in [0.4, 0.5) is 11.4 Å². The smallest absolute Gasteiger partial charge is 0.240 e. The van der Waals surface area contributed by atoms with Crippen molar-refractivity contribution in [2.45, 2.75) is 25.8 Å². The van der Waals surface area contributed by atoms with Crippen LogP contribution in [0.3, 0.4) is 0 Å². The van der Waals surface area contributed by atoms with Crippen molar-refractivity contribution in [3.05, 3.63) is 23.8 Å². The van der Waals surface area contributed by atoms with Crippen molar-refractivity contribution < 1.29 is 4.79 Å². The normalized spacial score (nSPS) is 19.1. The fourth-order valence-corrected chi connectivity index (χ4v) is 1.76. The lowest BCUT2D eigenvalue weighted by Crippen LogP contribution is -2.21. The van der Waals surface area contributed by atoms with Gasteiger partial charge in [0.05, 0.1) is 5.69 Å². The molecule has 0 fully saturated rings. The third kappa shape index (κ3) is 1.68. The monoisotopic (exact) mass is 188 g/mol. The Morgan fingerprint density at radius 2 is 2.43 bits per heavy atom. The molecule has 72 valence electrons. The first-order valence-electron chi connectivity index (χ1n) is 4.77. The van der Waals surface area contributed by atoms with Crippen molar-refractivity contribution in [2.75, 3.05) is 5.32 Å². The summed E-state index contributed by atoms with van der Waals surface area (Å²) in [4.78, 5) is 13.7. The zero-order valence-corrected chi connectivity index (χ0v) is 8.08. The number of benzene rings is 1. The SMILES string of the molecule is CC1CCc2cc(N=C=O)ccc2N1. The summed E-state index contributed by atoms with van der Waals surface area (Å²) >= 11 is 0. The molecule has 0 radical (unpaired) electrons. The van der Waals surface area contributed by atoms with Gasteiger partial charge in [-0.2, -0.15) is 4.99 Å². The summed E-state index contributed by atoms with van der Waals surface area (Å²) in [6.07, 6.45) is 3.73. The van der Waals surface area contributed by atoms with Crippen LogP contribution in [0.1, 0.15) is 18.9 Å². The van der Waals surface area contributed by atoms with Gasteiger partial charge in [-0.05, 0) is 43.5 Å². The standard InChI is InChI=1S/C11H12N2O/c1-8-2-3-9-6-10(12-7-14)4-5-11(9)13-8/h4-6,8,13H,2-3H2,1H3. The van der Waals surface area contributed by atoms with Gasteiger partial charge in [-0.1, -0.05) is 0 Å². The maximum atomic E-state index is 10.1. The molecule has 1 heterocycles. The molecule has 1 unspecified atom stereocenters. The Hall–Kier alpha value is -1.60. The van der Waals surface area contributed by atoms with Crippen LogP contribution in [0.25, 0.3) is 0 Å². The number of aryl methyl sites for hydroxylation is 1. The van der Waals surface area contributed by atoms with Crippen LogP contribution in [0, 0.1) is 0 Å². The minimum absolute atomic E-state index is 0.530. The first kappa shape index (κ1) is 8.97. The Kier molecular flexibility index (Phi) is 2.33. The van der Waals surface area contributed by atoms with Crippen LogP contribution in [0.2, 0.25) is 0 Å². The number of nitrogens with one attached hydrogen (secondary N) is 1. The van der Waals surface area contributed by atoms with Crippen LogP contribution < -0.4 is 5.32 Å². The number of hydrogen-bond acceptors (Lipinski definition) is 3. The Labute approximate surface area is 82.9 Å². The van der Waals surface area contributed by atoms with E-state index in [1.54, 1.807) is 6.08 Å². The van der Waals surface area contributed by atoms with Gasteiger partial charge in [-0.25, -0.2) is 4.79 Å². The van der Waals surface area contributed by atoms with Gasteiger partial charge in [0.1, 0.15) is 0 Å². The molecule has 1 aromatic rings. The Bertz CT molecular complexity index is 394. The number of anilines is 1. The largest absolute Gasteiger partial charge is 0.382 e. The van der Waals surface area contributed by atoms with Gasteiger partial charge < -0.3 is 5.32 Å². The molecule has 2 rings (SSSR count). The number of fused-ring (bicyclic) bond motifs is 1. The molecule has 1 N–H and O–H groups in total. The second-order valence-corrected chi connectivity index (χ2v) is 3.63. The average molecular weight is 188 g/mol. The van der Waals surface area contributed by atoms with Crippen molar-refractivity contribution in [3.63, 3.8) is 0 Å². The van der Waals surface area contributed by atoms with Crippen LogP contribution >= 0.6 is 0 Å². The van der Waals surface area contributed by atoms with E-state index in [0.29, 0.717) is 11.7 Å². The fraction of sp³-hybridized carbons (Fsp3) is 0.364. The first-order chi connectivity index (χ1) is 6.79. The summed E-state index contributed by atoms with van der Waals surface area (Å²) < 4.78 is 0. The quantitative estimate of drug-likeness (QED) is 0.543. The van der Waals surface area contributed by atoms with E-state index in [9.17, 15) is 4.79 Å². The van der Waals surface area contributed by atoms with Crippen LogP contribution in [-0.2, 0) is 11.2 Å². The molecular weight excluding hydrogens is 176 g/mol. The van der Waals surface area contributed by atoms with Crippen molar-refractivity contribution in [1.82, 2.24) is 0 Å². The van der Waals surface area contributed by atoms with Gasteiger partial charge in [0.15, 0.2) is 0 Å². The van der Waals surface area contributed by atoms with Gasteiger partial charge >= 0.3 is 0 Å². The lowest BCUT2D eigenvalue weighted by molar-refractivity contribution is 0.565. The summed E-state index contributed by atoms with van der Waals surface area (Å²) in [6, 6.07) is 6.28. The lowest BCUT2D eigenvalue weighted by Gasteiger charge is -2.23. The fourth-order valence-electron chi connectivity index (χ4n) is 1.76. The first-order valence-corrected chi connectivity index (χ1v) is 4.77. The maximum Gasteiger partial charge on any atom is 0.240 e. The minimum Gasteiger partial charge on any atom is -0.382 e. The molecule has 1 aromatic carbocycles. The van der Waals surface area contributed by atoms with Gasteiger partial charge in [-0.3, -0.25) is 0 Å². The van der Waals surface area contributed by atoms with Crippen molar-refractivity contribution >= 4 is 17.5 Å². The van der Waals surface area contributed by atoms with Crippen molar-refractivity contribution in [2.24, 2.45) is 4.99 Å². The molecule has 0 bridgehead atoms. The number of carbonyl (C=O) groups excluding carboxylic acids is 1. The Morgan fingerprint density at radius 1 is 1.57 bits per heavy atom. The molecule has 1 aliphatic heterocycles. The second-order valence-electron chi connectivity index (χ2n) is 3.63. The van der Waals surface area contributed by atoms with E-state index in [-0.39, 0.29) is 0 Å². The molecule has 14 heavy (non-hydrogen) atoms. The second kappa shape index (κ2) is 3.64. The highest BCUT2D eigenvalue weighted by atomic mass is 16.1. The number of aliphatic imine (C=N–C) groups is 1. The number of nitrogens with zero attached hydrogens (tertiary/aromatic N) is 1. The van der Waals surface area contributed by atoms with Crippen LogP contribution in [0.15, 0.2) is 23.2 Å². The summed E-state index contributed by atoms with van der Waals surface area (Å²) in [5.74, 6) is 0. The molecule has 0 aromatic heterocycles. The lowest BCUT2D eigenvalue weighted by atomic mass is 9.99. The molecule has 0 spiro atoms. The zero-order chi connectivity index (χ0) is 9.97. The molecular formula is C11H12N2O.